The van der Waals surface area contributed by atoms with Gasteiger partial charge in [0.1, 0.15) is 11.6 Å². The number of aromatic nitrogens is 2. The molecule has 3 amide bonds. The van der Waals surface area contributed by atoms with Gasteiger partial charge < -0.3 is 14.5 Å². The number of carbonyl (C=O) groups excluding carboxylic acids is 3. The molecule has 0 N–H and O–H groups in total. The Balaban J connectivity index is 1.54. The van der Waals surface area contributed by atoms with Gasteiger partial charge in [0.2, 0.25) is 17.7 Å². The van der Waals surface area contributed by atoms with E-state index >= 15 is 0 Å². The van der Waals surface area contributed by atoms with Crippen LogP contribution >= 0.6 is 0 Å². The molecule has 2 saturated heterocycles. The normalized spacial score (nSPS) is 20.6. The van der Waals surface area contributed by atoms with Gasteiger partial charge in [-0.25, -0.2) is 9.37 Å². The summed E-state index contributed by atoms with van der Waals surface area (Å²) in [5.41, 5.74) is 0.151. The van der Waals surface area contributed by atoms with Gasteiger partial charge in [-0.3, -0.25) is 24.3 Å². The summed E-state index contributed by atoms with van der Waals surface area (Å²) in [5, 5.41) is 0. The third kappa shape index (κ3) is 4.75. The molecule has 9 nitrogen and oxygen atoms in total. The lowest BCUT2D eigenvalue weighted by molar-refractivity contribution is -0.143. The number of rotatable bonds is 7. The van der Waals surface area contributed by atoms with Gasteiger partial charge >= 0.3 is 0 Å². The third-order valence-corrected chi connectivity index (χ3v) is 6.75. The van der Waals surface area contributed by atoms with Crippen molar-refractivity contribution in [1.82, 2.24) is 19.8 Å². The standard InChI is InChI=1S/C25H30FN5O4/c1-17-16-27-18(2)23(28-17)30-10-8-29(9-11-30)21(32)14-25(19-6-4-5-7-20(19)26)15-22(33)31(24(25)34)12-13-35-3/h4-7,16H,8-15H2,1-3H3/t25-/m0/s1. The van der Waals surface area contributed by atoms with E-state index in [9.17, 15) is 18.8 Å². The average molecular weight is 484 g/mol. The van der Waals surface area contributed by atoms with Gasteiger partial charge in [-0.2, -0.15) is 0 Å². The molecule has 0 unspecified atom stereocenters. The van der Waals surface area contributed by atoms with Crippen LogP contribution in [0.5, 0.6) is 0 Å². The van der Waals surface area contributed by atoms with Crippen LogP contribution in [-0.2, 0) is 24.5 Å². The minimum atomic E-state index is -1.57. The lowest BCUT2D eigenvalue weighted by Crippen LogP contribution is -2.51. The predicted octanol–water partition coefficient (Wildman–Crippen LogP) is 1.61. The van der Waals surface area contributed by atoms with E-state index < -0.39 is 23.0 Å². The third-order valence-electron chi connectivity index (χ3n) is 6.75. The Bertz CT molecular complexity index is 1130. The first-order valence-corrected chi connectivity index (χ1v) is 11.7. The molecule has 0 aliphatic carbocycles. The molecule has 0 saturated carbocycles. The van der Waals surface area contributed by atoms with Crippen LogP contribution in [0.15, 0.2) is 30.5 Å². The molecule has 1 aromatic carbocycles. The Morgan fingerprint density at radius 3 is 2.54 bits per heavy atom. The number of amides is 3. The first-order chi connectivity index (χ1) is 16.8. The maximum absolute atomic E-state index is 14.9. The molecule has 1 atom stereocenters. The molecule has 2 aliphatic rings. The van der Waals surface area contributed by atoms with Gasteiger partial charge in [0.25, 0.3) is 0 Å². The molecule has 35 heavy (non-hydrogen) atoms. The number of imide groups is 1. The molecule has 2 fully saturated rings. The van der Waals surface area contributed by atoms with Crippen molar-refractivity contribution in [1.29, 1.82) is 0 Å². The number of hydrogen-bond acceptors (Lipinski definition) is 7. The second-order valence-electron chi connectivity index (χ2n) is 9.05. The van der Waals surface area contributed by atoms with Gasteiger partial charge in [0, 0.05) is 57.9 Å². The van der Waals surface area contributed by atoms with Crippen molar-refractivity contribution < 1.29 is 23.5 Å². The average Bonchev–Trinajstić information content (AvgIpc) is 3.08. The Morgan fingerprint density at radius 2 is 1.86 bits per heavy atom. The Kier molecular flexibility index (Phi) is 7.11. The second kappa shape index (κ2) is 10.1. The Labute approximate surface area is 203 Å². The number of carbonyl (C=O) groups is 3. The zero-order valence-electron chi connectivity index (χ0n) is 20.3. The van der Waals surface area contributed by atoms with Crippen molar-refractivity contribution in [2.24, 2.45) is 0 Å². The summed E-state index contributed by atoms with van der Waals surface area (Å²) in [6.45, 7) is 5.99. The highest BCUT2D eigenvalue weighted by molar-refractivity contribution is 6.10. The molecule has 1 aromatic heterocycles. The highest BCUT2D eigenvalue weighted by atomic mass is 19.1. The molecule has 4 rings (SSSR count). The predicted molar refractivity (Wildman–Crippen MR) is 126 cm³/mol. The van der Waals surface area contributed by atoms with E-state index in [0.29, 0.717) is 26.2 Å². The molecule has 10 heteroatoms. The van der Waals surface area contributed by atoms with Crippen molar-refractivity contribution in [3.05, 3.63) is 53.2 Å². The summed E-state index contributed by atoms with van der Waals surface area (Å²) < 4.78 is 19.9. The van der Waals surface area contributed by atoms with Crippen LogP contribution < -0.4 is 4.90 Å². The van der Waals surface area contributed by atoms with Crippen LogP contribution in [0, 0.1) is 19.7 Å². The molecule has 0 bridgehead atoms. The van der Waals surface area contributed by atoms with E-state index in [1.165, 1.54) is 25.3 Å². The summed E-state index contributed by atoms with van der Waals surface area (Å²) in [6.07, 6.45) is 1.20. The summed E-state index contributed by atoms with van der Waals surface area (Å²) in [6, 6.07) is 5.88. The van der Waals surface area contributed by atoms with Crippen LogP contribution in [-0.4, -0.2) is 83.9 Å². The molecule has 2 aliphatic heterocycles. The van der Waals surface area contributed by atoms with E-state index in [1.54, 1.807) is 17.2 Å². The number of hydrogen-bond donors (Lipinski definition) is 0. The molecular weight excluding hydrogens is 453 g/mol. The van der Waals surface area contributed by atoms with Crippen molar-refractivity contribution >= 4 is 23.5 Å². The number of ether oxygens (including phenoxy) is 1. The lowest BCUT2D eigenvalue weighted by Gasteiger charge is -2.37. The van der Waals surface area contributed by atoms with E-state index in [2.05, 4.69) is 14.9 Å². The zero-order chi connectivity index (χ0) is 25.2. The van der Waals surface area contributed by atoms with Gasteiger partial charge in [-0.15, -0.1) is 0 Å². The van der Waals surface area contributed by atoms with E-state index in [0.717, 1.165) is 22.1 Å². The zero-order valence-corrected chi connectivity index (χ0v) is 20.3. The van der Waals surface area contributed by atoms with E-state index in [4.69, 9.17) is 4.74 Å². The number of piperazine rings is 1. The smallest absolute Gasteiger partial charge is 0.241 e. The topological polar surface area (TPSA) is 95.9 Å². The van der Waals surface area contributed by atoms with Gasteiger partial charge in [0.15, 0.2) is 0 Å². The van der Waals surface area contributed by atoms with Crippen LogP contribution in [0.3, 0.4) is 0 Å². The van der Waals surface area contributed by atoms with Crippen LogP contribution in [0.1, 0.15) is 29.8 Å². The van der Waals surface area contributed by atoms with Crippen molar-refractivity contribution in [3.8, 4) is 0 Å². The van der Waals surface area contributed by atoms with Gasteiger partial charge in [-0.05, 0) is 19.9 Å². The van der Waals surface area contributed by atoms with Crippen molar-refractivity contribution in [3.63, 3.8) is 0 Å². The fraction of sp³-hybridized carbons (Fsp3) is 0.480. The molecule has 186 valence electrons. The van der Waals surface area contributed by atoms with Crippen LogP contribution in [0.2, 0.25) is 0 Å². The molecule has 2 aromatic rings. The van der Waals surface area contributed by atoms with Gasteiger partial charge in [-0.1, -0.05) is 18.2 Å². The van der Waals surface area contributed by atoms with Crippen molar-refractivity contribution in [2.45, 2.75) is 32.1 Å². The SMILES string of the molecule is COCCN1C(=O)C[C@@](CC(=O)N2CCN(c3nc(C)cnc3C)CC2)(c2ccccc2F)C1=O. The lowest BCUT2D eigenvalue weighted by atomic mass is 9.75. The summed E-state index contributed by atoms with van der Waals surface area (Å²) in [7, 11) is 1.47. The Morgan fingerprint density at radius 1 is 1.14 bits per heavy atom. The Hall–Kier alpha value is -3.40. The number of methoxy groups -OCH3 is 1. The maximum atomic E-state index is 14.9. The quantitative estimate of drug-likeness (QED) is 0.552. The minimum absolute atomic E-state index is 0.0636. The second-order valence-corrected chi connectivity index (χ2v) is 9.05. The largest absolute Gasteiger partial charge is 0.383 e. The summed E-state index contributed by atoms with van der Waals surface area (Å²) in [5.74, 6) is -1.07. The highest BCUT2D eigenvalue weighted by Gasteiger charge is 2.55. The summed E-state index contributed by atoms with van der Waals surface area (Å²) in [4.78, 5) is 53.5. The number of nitrogens with zero attached hydrogens (tertiary/aromatic N) is 5. The molecular formula is C25H30FN5O4. The first-order valence-electron chi connectivity index (χ1n) is 11.7. The number of halogens is 1. The maximum Gasteiger partial charge on any atom is 0.241 e. The van der Waals surface area contributed by atoms with Crippen LogP contribution in [0.25, 0.3) is 0 Å². The number of likely N-dealkylation sites (tertiary alicyclic amines) is 1. The minimum Gasteiger partial charge on any atom is -0.383 e. The monoisotopic (exact) mass is 483 g/mol. The molecule has 0 radical (unpaired) electrons. The van der Waals surface area contributed by atoms with Crippen molar-refractivity contribution in [2.75, 3.05) is 51.3 Å². The van der Waals surface area contributed by atoms with E-state index in [1.807, 2.05) is 13.8 Å². The molecule has 3 heterocycles. The fourth-order valence-corrected chi connectivity index (χ4v) is 4.86. The highest BCUT2D eigenvalue weighted by Crippen LogP contribution is 2.41. The fourth-order valence-electron chi connectivity index (χ4n) is 4.86. The van der Waals surface area contributed by atoms with Gasteiger partial charge in [0.05, 0.1) is 30.0 Å². The molecule has 0 spiro atoms. The number of anilines is 1. The van der Waals surface area contributed by atoms with Crippen LogP contribution in [0.4, 0.5) is 10.2 Å². The summed E-state index contributed by atoms with van der Waals surface area (Å²) >= 11 is 0. The first kappa shape index (κ1) is 24.7. The van der Waals surface area contributed by atoms with E-state index in [-0.39, 0.29) is 37.5 Å². The number of aryl methyl sites for hydroxylation is 2. The number of benzene rings is 1.